The minimum absolute atomic E-state index is 0.0527. The van der Waals surface area contributed by atoms with Gasteiger partial charge >= 0.3 is 12.4 Å². The third-order valence-corrected chi connectivity index (χ3v) is 3.55. The minimum atomic E-state index is -4.93. The van der Waals surface area contributed by atoms with Crippen LogP contribution in [-0.4, -0.2) is 39.5 Å². The predicted octanol–water partition coefficient (Wildman–Crippen LogP) is 3.97. The highest BCUT2D eigenvalue weighted by atomic mass is 19.4. The van der Waals surface area contributed by atoms with E-state index in [9.17, 15) is 26.3 Å². The van der Waals surface area contributed by atoms with Crippen LogP contribution in [0.1, 0.15) is 11.3 Å². The van der Waals surface area contributed by atoms with Crippen molar-refractivity contribution < 1.29 is 35.8 Å². The molecule has 0 unspecified atom stereocenters. The van der Waals surface area contributed by atoms with Crippen molar-refractivity contribution >= 4 is 17.3 Å². The Kier molecular flexibility index (Phi) is 5.50. The fraction of sp³-hybridized carbons (Fsp3) is 0.312. The SMILES string of the molecule is COCc1cc(Nc2ccc(OCC(F)(F)F)c(C(F)(F)F)c2)n2ncnc2n1. The number of halogens is 6. The van der Waals surface area contributed by atoms with Crippen LogP contribution in [0.4, 0.5) is 37.8 Å². The summed E-state index contributed by atoms with van der Waals surface area (Å²) < 4.78 is 87.4. The number of alkyl halides is 6. The van der Waals surface area contributed by atoms with E-state index in [2.05, 4.69) is 25.1 Å². The second kappa shape index (κ2) is 7.73. The van der Waals surface area contributed by atoms with Gasteiger partial charge in [-0.1, -0.05) is 0 Å². The molecule has 0 saturated carbocycles. The summed E-state index contributed by atoms with van der Waals surface area (Å²) in [5, 5.41) is 6.66. The molecule has 13 heteroatoms. The third kappa shape index (κ3) is 5.04. The van der Waals surface area contributed by atoms with Crippen molar-refractivity contribution in [1.29, 1.82) is 0 Å². The van der Waals surface area contributed by atoms with Gasteiger partial charge in [-0.2, -0.15) is 40.9 Å². The fourth-order valence-corrected chi connectivity index (χ4v) is 2.43. The maximum atomic E-state index is 13.3. The number of rotatable bonds is 6. The number of anilines is 2. The first-order chi connectivity index (χ1) is 13.6. The molecule has 2 heterocycles. The zero-order valence-corrected chi connectivity index (χ0v) is 14.7. The monoisotopic (exact) mass is 421 g/mol. The predicted molar refractivity (Wildman–Crippen MR) is 87.8 cm³/mol. The quantitative estimate of drug-likeness (QED) is 0.608. The van der Waals surface area contributed by atoms with Crippen LogP contribution < -0.4 is 10.1 Å². The van der Waals surface area contributed by atoms with Crippen LogP contribution in [0.15, 0.2) is 30.6 Å². The zero-order chi connectivity index (χ0) is 21.2. The lowest BCUT2D eigenvalue weighted by Crippen LogP contribution is -2.21. The Morgan fingerprint density at radius 2 is 1.86 bits per heavy atom. The maximum Gasteiger partial charge on any atom is 0.422 e. The van der Waals surface area contributed by atoms with E-state index < -0.39 is 30.3 Å². The van der Waals surface area contributed by atoms with Crippen LogP contribution in [0.5, 0.6) is 5.75 Å². The molecule has 0 aliphatic carbocycles. The van der Waals surface area contributed by atoms with Gasteiger partial charge < -0.3 is 14.8 Å². The molecule has 3 aromatic rings. The van der Waals surface area contributed by atoms with Crippen molar-refractivity contribution in [2.24, 2.45) is 0 Å². The first kappa shape index (κ1) is 20.6. The van der Waals surface area contributed by atoms with Crippen molar-refractivity contribution in [1.82, 2.24) is 19.6 Å². The van der Waals surface area contributed by atoms with Crippen molar-refractivity contribution in [2.45, 2.75) is 19.0 Å². The fourth-order valence-electron chi connectivity index (χ4n) is 2.43. The van der Waals surface area contributed by atoms with Crippen molar-refractivity contribution in [3.8, 4) is 5.75 Å². The average molecular weight is 421 g/mol. The summed E-state index contributed by atoms with van der Waals surface area (Å²) in [5.74, 6) is -0.513. The number of fused-ring (bicyclic) bond motifs is 1. The normalized spacial score (nSPS) is 12.4. The number of ether oxygens (including phenoxy) is 2. The number of nitrogens with zero attached hydrogens (tertiary/aromatic N) is 4. The molecule has 156 valence electrons. The molecular weight excluding hydrogens is 408 g/mol. The van der Waals surface area contributed by atoms with Crippen molar-refractivity contribution in [3.63, 3.8) is 0 Å². The third-order valence-electron chi connectivity index (χ3n) is 3.55. The van der Waals surface area contributed by atoms with Gasteiger partial charge in [0.15, 0.2) is 6.61 Å². The summed E-state index contributed by atoms with van der Waals surface area (Å²) in [6.07, 6.45) is -8.49. The van der Waals surface area contributed by atoms with E-state index in [1.54, 1.807) is 0 Å². The molecule has 1 aromatic carbocycles. The highest BCUT2D eigenvalue weighted by molar-refractivity contribution is 5.61. The van der Waals surface area contributed by atoms with Gasteiger partial charge in [0.2, 0.25) is 0 Å². The van der Waals surface area contributed by atoms with Crippen LogP contribution in [0.2, 0.25) is 0 Å². The summed E-state index contributed by atoms with van der Waals surface area (Å²) in [7, 11) is 1.44. The van der Waals surface area contributed by atoms with E-state index in [-0.39, 0.29) is 23.9 Å². The van der Waals surface area contributed by atoms with E-state index in [1.165, 1.54) is 24.0 Å². The lowest BCUT2D eigenvalue weighted by atomic mass is 10.1. The van der Waals surface area contributed by atoms with E-state index in [4.69, 9.17) is 4.74 Å². The molecule has 0 amide bonds. The Bertz CT molecular complexity index is 1000. The first-order valence-corrected chi connectivity index (χ1v) is 7.93. The molecule has 0 radical (unpaired) electrons. The number of hydrogen-bond acceptors (Lipinski definition) is 6. The number of hydrogen-bond donors (Lipinski definition) is 1. The topological polar surface area (TPSA) is 73.6 Å². The molecule has 0 spiro atoms. The van der Waals surface area contributed by atoms with Gasteiger partial charge in [0.05, 0.1) is 17.9 Å². The molecule has 1 N–H and O–H groups in total. The van der Waals surface area contributed by atoms with Crippen LogP contribution >= 0.6 is 0 Å². The Labute approximate surface area is 159 Å². The number of aromatic nitrogens is 4. The van der Waals surface area contributed by atoms with Crippen LogP contribution in [0, 0.1) is 0 Å². The molecule has 0 saturated heterocycles. The smallest absolute Gasteiger partial charge is 0.422 e. The summed E-state index contributed by atoms with van der Waals surface area (Å²) in [5.41, 5.74) is -0.965. The highest BCUT2D eigenvalue weighted by Crippen LogP contribution is 2.39. The number of nitrogens with one attached hydrogen (secondary N) is 1. The first-order valence-electron chi connectivity index (χ1n) is 7.93. The zero-order valence-electron chi connectivity index (χ0n) is 14.7. The summed E-state index contributed by atoms with van der Waals surface area (Å²) in [4.78, 5) is 8.08. The summed E-state index contributed by atoms with van der Waals surface area (Å²) >= 11 is 0. The Hall–Kier alpha value is -3.09. The molecule has 0 bridgehead atoms. The molecule has 29 heavy (non-hydrogen) atoms. The molecule has 0 aliphatic rings. The Morgan fingerprint density at radius 1 is 1.10 bits per heavy atom. The van der Waals surface area contributed by atoms with Gasteiger partial charge in [0.25, 0.3) is 5.78 Å². The van der Waals surface area contributed by atoms with E-state index >= 15 is 0 Å². The Balaban J connectivity index is 1.96. The maximum absolute atomic E-state index is 13.3. The highest BCUT2D eigenvalue weighted by Gasteiger charge is 2.36. The molecule has 7 nitrogen and oxygen atoms in total. The van der Waals surface area contributed by atoms with Crippen LogP contribution in [0.3, 0.4) is 0 Å². The van der Waals surface area contributed by atoms with Gasteiger partial charge in [0.1, 0.15) is 17.9 Å². The standard InChI is InChI=1S/C16H13F6N5O2/c1-28-6-10-5-13(27-14(26-10)23-8-24-27)25-9-2-3-12(29-7-15(17,18)19)11(4-9)16(20,21)22/h2-5,8,25H,6-7H2,1H3. The molecule has 0 aliphatic heterocycles. The summed E-state index contributed by atoms with van der Waals surface area (Å²) in [6.45, 7) is -1.72. The average Bonchev–Trinajstić information content (AvgIpc) is 3.08. The van der Waals surface area contributed by atoms with E-state index in [0.29, 0.717) is 11.8 Å². The van der Waals surface area contributed by atoms with Gasteiger partial charge in [-0.3, -0.25) is 0 Å². The van der Waals surface area contributed by atoms with Crippen LogP contribution in [0.25, 0.3) is 5.78 Å². The van der Waals surface area contributed by atoms with Crippen LogP contribution in [-0.2, 0) is 17.5 Å². The van der Waals surface area contributed by atoms with Gasteiger partial charge in [-0.25, -0.2) is 4.98 Å². The van der Waals surface area contributed by atoms with Gasteiger partial charge in [0, 0.05) is 18.9 Å². The second-order valence-corrected chi connectivity index (χ2v) is 5.78. The van der Waals surface area contributed by atoms with Crippen molar-refractivity contribution in [3.05, 3.63) is 41.9 Å². The van der Waals surface area contributed by atoms with Gasteiger partial charge in [-0.05, 0) is 18.2 Å². The van der Waals surface area contributed by atoms with E-state index in [1.807, 2.05) is 0 Å². The van der Waals surface area contributed by atoms with Crippen molar-refractivity contribution in [2.75, 3.05) is 19.0 Å². The molecule has 0 fully saturated rings. The number of benzene rings is 1. The lowest BCUT2D eigenvalue weighted by Gasteiger charge is -2.17. The number of methoxy groups -OCH3 is 1. The molecular formula is C16H13F6N5O2. The Morgan fingerprint density at radius 3 is 2.52 bits per heavy atom. The summed E-state index contributed by atoms with van der Waals surface area (Å²) in [6, 6.07) is 4.10. The lowest BCUT2D eigenvalue weighted by molar-refractivity contribution is -0.158. The molecule has 2 aromatic heterocycles. The minimum Gasteiger partial charge on any atom is -0.483 e. The van der Waals surface area contributed by atoms with E-state index in [0.717, 1.165) is 12.1 Å². The molecule has 0 atom stereocenters. The largest absolute Gasteiger partial charge is 0.483 e. The van der Waals surface area contributed by atoms with Gasteiger partial charge in [-0.15, -0.1) is 0 Å². The molecule has 3 rings (SSSR count). The second-order valence-electron chi connectivity index (χ2n) is 5.78.